The number of anilines is 6. The number of nitrogens with zero attached hydrogens (tertiary/aromatic N) is 2. The van der Waals surface area contributed by atoms with E-state index in [-0.39, 0.29) is 0 Å². The van der Waals surface area contributed by atoms with Gasteiger partial charge < -0.3 is 14.2 Å². The summed E-state index contributed by atoms with van der Waals surface area (Å²) in [5, 5.41) is 9.34. The van der Waals surface area contributed by atoms with Crippen molar-refractivity contribution in [3.63, 3.8) is 0 Å². The summed E-state index contributed by atoms with van der Waals surface area (Å²) in [6.07, 6.45) is 0. The third kappa shape index (κ3) is 7.95. The van der Waals surface area contributed by atoms with Gasteiger partial charge in [0.1, 0.15) is 11.2 Å². The first-order chi connectivity index (χ1) is 37.2. The van der Waals surface area contributed by atoms with Gasteiger partial charge in [0.05, 0.1) is 17.1 Å². The molecule has 352 valence electrons. The first kappa shape index (κ1) is 43.8. The number of rotatable bonds is 10. The van der Waals surface area contributed by atoms with Gasteiger partial charge >= 0.3 is 0 Å². The van der Waals surface area contributed by atoms with Crippen molar-refractivity contribution in [3.05, 3.63) is 291 Å². The van der Waals surface area contributed by atoms with Gasteiger partial charge in [-0.15, -0.1) is 0 Å². The van der Waals surface area contributed by atoms with E-state index in [1.54, 1.807) is 0 Å². The Morgan fingerprint density at radius 1 is 0.227 bits per heavy atom. The van der Waals surface area contributed by atoms with Crippen LogP contribution in [-0.2, 0) is 0 Å². The second-order valence-electron chi connectivity index (χ2n) is 19.3. The van der Waals surface area contributed by atoms with E-state index in [1.165, 1.54) is 49.2 Å². The second-order valence-corrected chi connectivity index (χ2v) is 19.3. The van der Waals surface area contributed by atoms with Crippen LogP contribution in [0.4, 0.5) is 34.1 Å². The topological polar surface area (TPSA) is 19.6 Å². The highest BCUT2D eigenvalue weighted by atomic mass is 16.3. The molecule has 0 N–H and O–H groups in total. The van der Waals surface area contributed by atoms with Crippen molar-refractivity contribution in [3.8, 4) is 44.5 Å². The molecule has 75 heavy (non-hydrogen) atoms. The molecule has 3 heteroatoms. The summed E-state index contributed by atoms with van der Waals surface area (Å²) < 4.78 is 6.29. The Balaban J connectivity index is 0.898. The maximum absolute atomic E-state index is 6.29. The van der Waals surface area contributed by atoms with Crippen molar-refractivity contribution >= 4 is 88.4 Å². The number of hydrogen-bond acceptors (Lipinski definition) is 3. The van der Waals surface area contributed by atoms with Crippen LogP contribution in [-0.4, -0.2) is 0 Å². The molecule has 3 nitrogen and oxygen atoms in total. The van der Waals surface area contributed by atoms with Crippen LogP contribution in [0.1, 0.15) is 0 Å². The standard InChI is InChI=1S/C72H48N2O/c1-2-17-49(18-3-1)50-37-39-51(40-38-50)54-23-12-26-60(46-54)74(69-34-15-22-53-20-5-7-28-63(53)69)68-32-10-8-29-64(68)57-24-13-25-59(48-57)73(67-33-14-21-52-19-4-6-27-62(52)67)61-44-43-55-45-58(42-41-56(55)47-61)65-31-16-36-71-72(65)66-30-9-11-35-70(66)75-71/h1-48H. The van der Waals surface area contributed by atoms with Gasteiger partial charge in [-0.2, -0.15) is 0 Å². The van der Waals surface area contributed by atoms with Crippen LogP contribution in [0.2, 0.25) is 0 Å². The fraction of sp³-hybridized carbons (Fsp3) is 0. The molecule has 0 atom stereocenters. The lowest BCUT2D eigenvalue weighted by molar-refractivity contribution is 0.669. The summed E-state index contributed by atoms with van der Waals surface area (Å²) in [4.78, 5) is 4.87. The Bertz CT molecular complexity index is 4430. The first-order valence-electron chi connectivity index (χ1n) is 25.6. The molecule has 0 saturated carbocycles. The first-order valence-corrected chi connectivity index (χ1v) is 25.6. The largest absolute Gasteiger partial charge is 0.456 e. The Labute approximate surface area is 436 Å². The van der Waals surface area contributed by atoms with Gasteiger partial charge in [-0.05, 0) is 133 Å². The lowest BCUT2D eigenvalue weighted by Gasteiger charge is -2.30. The molecule has 0 bridgehead atoms. The average molecular weight is 957 g/mol. The van der Waals surface area contributed by atoms with Crippen LogP contribution < -0.4 is 9.80 Å². The maximum atomic E-state index is 6.29. The normalized spacial score (nSPS) is 11.5. The highest BCUT2D eigenvalue weighted by molar-refractivity contribution is 6.13. The van der Waals surface area contributed by atoms with E-state index in [2.05, 4.69) is 289 Å². The van der Waals surface area contributed by atoms with E-state index in [0.29, 0.717) is 0 Å². The zero-order valence-electron chi connectivity index (χ0n) is 41.0. The summed E-state index contributed by atoms with van der Waals surface area (Å²) in [5.74, 6) is 0. The average Bonchev–Trinajstić information content (AvgIpc) is 3.87. The van der Waals surface area contributed by atoms with Gasteiger partial charge in [0.2, 0.25) is 0 Å². The molecular weight excluding hydrogens is 909 g/mol. The van der Waals surface area contributed by atoms with Crippen molar-refractivity contribution in [2.24, 2.45) is 0 Å². The van der Waals surface area contributed by atoms with E-state index < -0.39 is 0 Å². The van der Waals surface area contributed by atoms with Gasteiger partial charge in [-0.25, -0.2) is 0 Å². The summed E-state index contributed by atoms with van der Waals surface area (Å²) in [5.41, 5.74) is 17.6. The van der Waals surface area contributed by atoms with Crippen molar-refractivity contribution in [1.29, 1.82) is 0 Å². The highest BCUT2D eigenvalue weighted by Gasteiger charge is 2.22. The number of hydrogen-bond donors (Lipinski definition) is 0. The lowest BCUT2D eigenvalue weighted by Crippen LogP contribution is -2.12. The maximum Gasteiger partial charge on any atom is 0.136 e. The van der Waals surface area contributed by atoms with Crippen molar-refractivity contribution < 1.29 is 4.42 Å². The Kier molecular flexibility index (Phi) is 10.8. The Hall–Kier alpha value is -9.96. The van der Waals surface area contributed by atoms with Crippen LogP contribution in [0.3, 0.4) is 0 Å². The van der Waals surface area contributed by atoms with Gasteiger partial charge in [0.15, 0.2) is 0 Å². The molecule has 0 amide bonds. The van der Waals surface area contributed by atoms with Crippen LogP contribution in [0, 0.1) is 0 Å². The van der Waals surface area contributed by atoms with Gasteiger partial charge in [0.25, 0.3) is 0 Å². The molecule has 13 aromatic carbocycles. The number of benzene rings is 13. The molecule has 0 aliphatic rings. The highest BCUT2D eigenvalue weighted by Crippen LogP contribution is 2.47. The molecule has 14 aromatic rings. The Morgan fingerprint density at radius 2 is 0.680 bits per heavy atom. The van der Waals surface area contributed by atoms with E-state index in [1.807, 2.05) is 12.1 Å². The molecule has 0 fully saturated rings. The van der Waals surface area contributed by atoms with E-state index >= 15 is 0 Å². The van der Waals surface area contributed by atoms with Crippen LogP contribution >= 0.6 is 0 Å². The van der Waals surface area contributed by atoms with E-state index in [9.17, 15) is 0 Å². The van der Waals surface area contributed by atoms with Crippen LogP contribution in [0.25, 0.3) is 98.8 Å². The predicted molar refractivity (Wildman–Crippen MR) is 317 cm³/mol. The molecule has 14 rings (SSSR count). The Morgan fingerprint density at radius 3 is 1.45 bits per heavy atom. The zero-order valence-corrected chi connectivity index (χ0v) is 41.0. The molecule has 1 aromatic heterocycles. The molecule has 0 spiro atoms. The SMILES string of the molecule is c1ccc(-c2ccc(-c3cccc(N(c4ccccc4-c4cccc(N(c5ccc6cc(-c7cccc8oc9ccccc9c78)ccc6c5)c5cccc6ccccc56)c4)c4cccc5ccccc45)c3)cc2)cc1. The fourth-order valence-corrected chi connectivity index (χ4v) is 11.2. The number of furan rings is 1. The van der Waals surface area contributed by atoms with Gasteiger partial charge in [0, 0.05) is 44.2 Å². The lowest BCUT2D eigenvalue weighted by atomic mass is 9.96. The number of fused-ring (bicyclic) bond motifs is 6. The minimum atomic E-state index is 0.899. The van der Waals surface area contributed by atoms with Crippen LogP contribution in [0.5, 0.6) is 0 Å². The van der Waals surface area contributed by atoms with Gasteiger partial charge in [-0.3, -0.25) is 0 Å². The molecule has 0 radical (unpaired) electrons. The zero-order chi connectivity index (χ0) is 49.7. The third-order valence-corrected chi connectivity index (χ3v) is 14.8. The van der Waals surface area contributed by atoms with Crippen LogP contribution in [0.15, 0.2) is 296 Å². The van der Waals surface area contributed by atoms with E-state index in [4.69, 9.17) is 4.42 Å². The summed E-state index contributed by atoms with van der Waals surface area (Å²) in [6, 6.07) is 105. The fourth-order valence-electron chi connectivity index (χ4n) is 11.2. The van der Waals surface area contributed by atoms with Crippen molar-refractivity contribution in [2.75, 3.05) is 9.80 Å². The molecular formula is C72H48N2O. The quantitative estimate of drug-likeness (QED) is 0.136. The summed E-state index contributed by atoms with van der Waals surface area (Å²) >= 11 is 0. The summed E-state index contributed by atoms with van der Waals surface area (Å²) in [7, 11) is 0. The third-order valence-electron chi connectivity index (χ3n) is 14.8. The second kappa shape index (κ2) is 18.6. The minimum absolute atomic E-state index is 0.899. The van der Waals surface area contributed by atoms with Crippen molar-refractivity contribution in [2.45, 2.75) is 0 Å². The van der Waals surface area contributed by atoms with Gasteiger partial charge in [-0.1, -0.05) is 218 Å². The van der Waals surface area contributed by atoms with E-state index in [0.717, 1.165) is 83.7 Å². The molecule has 0 aliphatic heterocycles. The summed E-state index contributed by atoms with van der Waals surface area (Å²) in [6.45, 7) is 0. The molecule has 0 aliphatic carbocycles. The molecule has 0 saturated heterocycles. The molecule has 0 unspecified atom stereocenters. The minimum Gasteiger partial charge on any atom is -0.456 e. The predicted octanol–water partition coefficient (Wildman–Crippen LogP) is 20.7. The van der Waals surface area contributed by atoms with Crippen molar-refractivity contribution in [1.82, 2.24) is 0 Å². The monoisotopic (exact) mass is 956 g/mol. The number of para-hydroxylation sites is 2. The molecule has 1 heterocycles. The smallest absolute Gasteiger partial charge is 0.136 e.